The van der Waals surface area contributed by atoms with Crippen molar-refractivity contribution in [2.75, 3.05) is 59.4 Å². The Balaban J connectivity index is 3.19. The number of ether oxygens (including phenoxy) is 4. The van der Waals surface area contributed by atoms with Crippen molar-refractivity contribution in [3.8, 4) is 0 Å². The smallest absolute Gasteiger partial charge is 0.225 e. The van der Waals surface area contributed by atoms with Crippen molar-refractivity contribution in [3.05, 3.63) is 0 Å². The molecule has 0 saturated carbocycles. The standard InChI is InChI=1S/C20H41NO5/c1-6-20(4,5)19(22)21-9-11-24-13-15-26-17-16-25-14-12-23-10-7-8-18(2)3/h18H,6-17H2,1-5H3,(H,21,22). The molecule has 0 heterocycles. The van der Waals surface area contributed by atoms with E-state index in [1.54, 1.807) is 0 Å². The zero-order valence-electron chi connectivity index (χ0n) is 17.6. The van der Waals surface area contributed by atoms with E-state index in [0.29, 0.717) is 52.8 Å². The summed E-state index contributed by atoms with van der Waals surface area (Å²) in [6, 6.07) is 0. The topological polar surface area (TPSA) is 66.0 Å². The molecule has 0 bridgehead atoms. The summed E-state index contributed by atoms with van der Waals surface area (Å²) in [4.78, 5) is 11.8. The molecule has 0 saturated heterocycles. The number of amides is 1. The second-order valence-corrected chi connectivity index (χ2v) is 7.48. The van der Waals surface area contributed by atoms with Crippen LogP contribution in [-0.4, -0.2) is 65.3 Å². The SMILES string of the molecule is CCC(C)(C)C(=O)NCCOCCOCCOCCOCCCC(C)C. The maximum atomic E-state index is 11.8. The molecule has 0 aromatic heterocycles. The summed E-state index contributed by atoms with van der Waals surface area (Å²) in [7, 11) is 0. The Morgan fingerprint density at radius 2 is 1.31 bits per heavy atom. The number of carbonyl (C=O) groups excluding carboxylic acids is 1. The highest BCUT2D eigenvalue weighted by molar-refractivity contribution is 5.81. The summed E-state index contributed by atoms with van der Waals surface area (Å²) in [6.07, 6.45) is 3.14. The van der Waals surface area contributed by atoms with Crippen LogP contribution in [0.1, 0.15) is 53.9 Å². The van der Waals surface area contributed by atoms with Crippen molar-refractivity contribution in [3.63, 3.8) is 0 Å². The normalized spacial score (nSPS) is 11.9. The lowest BCUT2D eigenvalue weighted by atomic mass is 9.89. The van der Waals surface area contributed by atoms with E-state index in [4.69, 9.17) is 18.9 Å². The third-order valence-electron chi connectivity index (χ3n) is 4.22. The first kappa shape index (κ1) is 25.3. The maximum absolute atomic E-state index is 11.8. The molecule has 1 amide bonds. The number of hydrogen-bond acceptors (Lipinski definition) is 5. The summed E-state index contributed by atoms with van der Waals surface area (Å²) >= 11 is 0. The molecule has 0 aromatic rings. The largest absolute Gasteiger partial charge is 0.379 e. The van der Waals surface area contributed by atoms with Gasteiger partial charge in [-0.05, 0) is 25.2 Å². The average molecular weight is 376 g/mol. The summed E-state index contributed by atoms with van der Waals surface area (Å²) in [6.45, 7) is 15.6. The average Bonchev–Trinajstić information content (AvgIpc) is 2.60. The quantitative estimate of drug-likeness (QED) is 0.373. The van der Waals surface area contributed by atoms with Crippen LogP contribution in [0.5, 0.6) is 0 Å². The zero-order valence-corrected chi connectivity index (χ0v) is 17.6. The van der Waals surface area contributed by atoms with Crippen molar-refractivity contribution in [1.29, 1.82) is 0 Å². The molecule has 0 radical (unpaired) electrons. The lowest BCUT2D eigenvalue weighted by Gasteiger charge is -2.21. The summed E-state index contributed by atoms with van der Waals surface area (Å²) in [5.41, 5.74) is -0.317. The fraction of sp³-hybridized carbons (Fsp3) is 0.950. The van der Waals surface area contributed by atoms with E-state index < -0.39 is 0 Å². The van der Waals surface area contributed by atoms with E-state index in [2.05, 4.69) is 19.2 Å². The lowest BCUT2D eigenvalue weighted by molar-refractivity contribution is -0.129. The first-order valence-corrected chi connectivity index (χ1v) is 9.99. The first-order chi connectivity index (χ1) is 12.4. The van der Waals surface area contributed by atoms with Gasteiger partial charge >= 0.3 is 0 Å². The fourth-order valence-corrected chi connectivity index (χ4v) is 1.99. The van der Waals surface area contributed by atoms with Gasteiger partial charge in [-0.1, -0.05) is 34.6 Å². The summed E-state index contributed by atoms with van der Waals surface area (Å²) in [5, 5.41) is 2.89. The van der Waals surface area contributed by atoms with Gasteiger partial charge in [-0.15, -0.1) is 0 Å². The molecule has 0 atom stereocenters. The van der Waals surface area contributed by atoms with E-state index in [-0.39, 0.29) is 11.3 Å². The maximum Gasteiger partial charge on any atom is 0.225 e. The molecule has 26 heavy (non-hydrogen) atoms. The first-order valence-electron chi connectivity index (χ1n) is 9.99. The molecule has 0 aromatic carbocycles. The van der Waals surface area contributed by atoms with Gasteiger partial charge in [0.15, 0.2) is 0 Å². The molecule has 0 fully saturated rings. The van der Waals surface area contributed by atoms with Crippen LogP contribution in [0.15, 0.2) is 0 Å². The van der Waals surface area contributed by atoms with Crippen LogP contribution in [0.4, 0.5) is 0 Å². The molecular formula is C20H41NO5. The molecule has 1 N–H and O–H groups in total. The molecule has 0 aliphatic rings. The predicted molar refractivity (Wildman–Crippen MR) is 104 cm³/mol. The Bertz CT molecular complexity index is 334. The van der Waals surface area contributed by atoms with E-state index in [9.17, 15) is 4.79 Å². The predicted octanol–water partition coefficient (Wildman–Crippen LogP) is 3.04. The molecule has 156 valence electrons. The van der Waals surface area contributed by atoms with Crippen molar-refractivity contribution >= 4 is 5.91 Å². The van der Waals surface area contributed by atoms with Gasteiger partial charge in [0.25, 0.3) is 0 Å². The van der Waals surface area contributed by atoms with Gasteiger partial charge in [0.05, 0.1) is 46.2 Å². The van der Waals surface area contributed by atoms with Crippen LogP contribution in [0.3, 0.4) is 0 Å². The Labute approximate surface area is 160 Å². The highest BCUT2D eigenvalue weighted by Crippen LogP contribution is 2.18. The molecule has 0 spiro atoms. The highest BCUT2D eigenvalue weighted by Gasteiger charge is 2.24. The number of rotatable bonds is 18. The molecular weight excluding hydrogens is 334 g/mol. The molecule has 6 nitrogen and oxygen atoms in total. The summed E-state index contributed by atoms with van der Waals surface area (Å²) < 4.78 is 21.8. The van der Waals surface area contributed by atoms with E-state index in [1.807, 2.05) is 20.8 Å². The van der Waals surface area contributed by atoms with Gasteiger partial charge in [0.1, 0.15) is 0 Å². The molecule has 0 rings (SSSR count). The fourth-order valence-electron chi connectivity index (χ4n) is 1.99. The van der Waals surface area contributed by atoms with Crippen molar-refractivity contribution in [2.24, 2.45) is 11.3 Å². The molecule has 0 aliphatic heterocycles. The van der Waals surface area contributed by atoms with Crippen molar-refractivity contribution in [1.82, 2.24) is 5.32 Å². The molecule has 0 unspecified atom stereocenters. The molecule has 6 heteroatoms. The van der Waals surface area contributed by atoms with Crippen LogP contribution in [0, 0.1) is 11.3 Å². The minimum atomic E-state index is -0.317. The van der Waals surface area contributed by atoms with Crippen LogP contribution in [0.2, 0.25) is 0 Å². The van der Waals surface area contributed by atoms with Crippen LogP contribution in [-0.2, 0) is 23.7 Å². The monoisotopic (exact) mass is 375 g/mol. The third-order valence-corrected chi connectivity index (χ3v) is 4.22. The molecule has 0 aliphatic carbocycles. The van der Waals surface area contributed by atoms with Crippen molar-refractivity contribution < 1.29 is 23.7 Å². The second kappa shape index (κ2) is 16.5. The third kappa shape index (κ3) is 15.6. The van der Waals surface area contributed by atoms with Crippen LogP contribution >= 0.6 is 0 Å². The Kier molecular flexibility index (Phi) is 16.0. The number of hydrogen-bond donors (Lipinski definition) is 1. The Morgan fingerprint density at radius 1 is 0.846 bits per heavy atom. The number of carbonyl (C=O) groups is 1. The van der Waals surface area contributed by atoms with Gasteiger partial charge in [-0.3, -0.25) is 4.79 Å². The van der Waals surface area contributed by atoms with Crippen molar-refractivity contribution in [2.45, 2.75) is 53.9 Å². The second-order valence-electron chi connectivity index (χ2n) is 7.48. The Morgan fingerprint density at radius 3 is 1.77 bits per heavy atom. The van der Waals surface area contributed by atoms with Gasteiger partial charge < -0.3 is 24.3 Å². The lowest BCUT2D eigenvalue weighted by Crippen LogP contribution is -2.38. The van der Waals surface area contributed by atoms with E-state index >= 15 is 0 Å². The zero-order chi connectivity index (χ0) is 19.7. The van der Waals surface area contributed by atoms with Crippen LogP contribution < -0.4 is 5.32 Å². The number of nitrogens with one attached hydrogen (secondary N) is 1. The summed E-state index contributed by atoms with van der Waals surface area (Å²) in [5.74, 6) is 0.809. The Hall–Kier alpha value is -0.690. The van der Waals surface area contributed by atoms with Gasteiger partial charge in [0.2, 0.25) is 5.91 Å². The highest BCUT2D eigenvalue weighted by atomic mass is 16.6. The van der Waals surface area contributed by atoms with Crippen LogP contribution in [0.25, 0.3) is 0 Å². The minimum absolute atomic E-state index is 0.0703. The van der Waals surface area contributed by atoms with Gasteiger partial charge in [-0.2, -0.15) is 0 Å². The van der Waals surface area contributed by atoms with Gasteiger partial charge in [-0.25, -0.2) is 0 Å². The van der Waals surface area contributed by atoms with E-state index in [0.717, 1.165) is 25.4 Å². The van der Waals surface area contributed by atoms with Gasteiger partial charge in [0, 0.05) is 18.6 Å². The van der Waals surface area contributed by atoms with E-state index in [1.165, 1.54) is 6.42 Å². The minimum Gasteiger partial charge on any atom is -0.379 e.